The van der Waals surface area contributed by atoms with Gasteiger partial charge in [0.2, 0.25) is 0 Å². The van der Waals surface area contributed by atoms with Gasteiger partial charge in [0.15, 0.2) is 0 Å². The molecule has 1 amide bonds. The molecule has 138 valence electrons. The Labute approximate surface area is 153 Å². The predicted octanol–water partition coefficient (Wildman–Crippen LogP) is 4.52. The number of rotatable bonds is 1. The molecule has 3 heterocycles. The van der Waals surface area contributed by atoms with Crippen LogP contribution in [0.25, 0.3) is 0 Å². The molecule has 0 N–H and O–H groups in total. The van der Waals surface area contributed by atoms with Gasteiger partial charge >= 0.3 is 12.1 Å². The SMILES string of the molecule is CC1CC2(CC(C3CC3)N1C(=O)C(F)(F)F)OCCc1cc(Cl)sc12. The first-order valence-electron chi connectivity index (χ1n) is 8.53. The summed E-state index contributed by atoms with van der Waals surface area (Å²) in [5.41, 5.74) is 0.527. The fourth-order valence-electron chi connectivity index (χ4n) is 4.49. The van der Waals surface area contributed by atoms with Crippen LogP contribution in [0.1, 0.15) is 43.0 Å². The molecule has 3 nitrogen and oxygen atoms in total. The smallest absolute Gasteiger partial charge is 0.369 e. The second-order valence-corrected chi connectivity index (χ2v) is 9.05. The first kappa shape index (κ1) is 17.6. The quantitative estimate of drug-likeness (QED) is 0.702. The minimum absolute atomic E-state index is 0.135. The highest BCUT2D eigenvalue weighted by atomic mass is 35.5. The molecule has 3 atom stereocenters. The molecule has 3 unspecified atom stereocenters. The standard InChI is InChI=1S/C17H19ClF3NO2S/c1-9-7-16(14-11(4-5-24-16)6-13(18)25-14)8-12(10-2-3-10)22(9)15(23)17(19,20)21/h6,9-10,12H,2-5,7-8H2,1H3. The fraction of sp³-hybridized carbons (Fsp3) is 0.706. The van der Waals surface area contributed by atoms with Gasteiger partial charge in [-0.05, 0) is 43.7 Å². The summed E-state index contributed by atoms with van der Waals surface area (Å²) in [6.07, 6.45) is -1.53. The van der Waals surface area contributed by atoms with E-state index in [9.17, 15) is 18.0 Å². The van der Waals surface area contributed by atoms with Crippen LogP contribution in [0.5, 0.6) is 0 Å². The van der Waals surface area contributed by atoms with Crippen molar-refractivity contribution in [2.75, 3.05) is 6.61 Å². The molecule has 25 heavy (non-hydrogen) atoms. The van der Waals surface area contributed by atoms with Gasteiger partial charge in [0.1, 0.15) is 5.60 Å². The fourth-order valence-corrected chi connectivity index (χ4v) is 5.95. The summed E-state index contributed by atoms with van der Waals surface area (Å²) in [5, 5.41) is 0. The number of hydrogen-bond donors (Lipinski definition) is 0. The predicted molar refractivity (Wildman–Crippen MR) is 88.8 cm³/mol. The molecule has 0 bridgehead atoms. The van der Waals surface area contributed by atoms with Crippen molar-refractivity contribution in [3.8, 4) is 0 Å². The van der Waals surface area contributed by atoms with Gasteiger partial charge in [-0.2, -0.15) is 13.2 Å². The van der Waals surface area contributed by atoms with Crippen molar-refractivity contribution in [2.45, 2.75) is 62.9 Å². The highest BCUT2D eigenvalue weighted by Gasteiger charge is 2.57. The van der Waals surface area contributed by atoms with Crippen LogP contribution in [0.3, 0.4) is 0 Å². The summed E-state index contributed by atoms with van der Waals surface area (Å²) in [6.45, 7) is 2.24. The van der Waals surface area contributed by atoms with Crippen LogP contribution < -0.4 is 0 Å². The molecule has 1 aromatic heterocycles. The average Bonchev–Trinajstić information content (AvgIpc) is 3.27. The van der Waals surface area contributed by atoms with Crippen molar-refractivity contribution in [3.63, 3.8) is 0 Å². The first-order valence-corrected chi connectivity index (χ1v) is 9.73. The largest absolute Gasteiger partial charge is 0.471 e. The summed E-state index contributed by atoms with van der Waals surface area (Å²) in [6, 6.07) is 0.987. The van der Waals surface area contributed by atoms with Gasteiger partial charge in [-0.3, -0.25) is 4.79 Å². The Morgan fingerprint density at radius 2 is 2.12 bits per heavy atom. The van der Waals surface area contributed by atoms with Crippen molar-refractivity contribution in [1.82, 2.24) is 4.90 Å². The summed E-state index contributed by atoms with van der Waals surface area (Å²) in [7, 11) is 0. The monoisotopic (exact) mass is 393 g/mol. The minimum atomic E-state index is -4.84. The number of likely N-dealkylation sites (tertiary alicyclic amines) is 1. The maximum atomic E-state index is 13.1. The van der Waals surface area contributed by atoms with Gasteiger partial charge in [-0.1, -0.05) is 11.6 Å². The van der Waals surface area contributed by atoms with Crippen molar-refractivity contribution in [2.24, 2.45) is 5.92 Å². The Balaban J connectivity index is 1.71. The van der Waals surface area contributed by atoms with E-state index in [4.69, 9.17) is 16.3 Å². The summed E-state index contributed by atoms with van der Waals surface area (Å²) in [4.78, 5) is 14.2. The Morgan fingerprint density at radius 1 is 1.40 bits per heavy atom. The first-order chi connectivity index (χ1) is 11.7. The Kier molecular flexibility index (Phi) is 4.13. The maximum Gasteiger partial charge on any atom is 0.471 e. The van der Waals surface area contributed by atoms with Gasteiger partial charge in [0.25, 0.3) is 0 Å². The molecule has 1 saturated heterocycles. The highest BCUT2D eigenvalue weighted by Crippen LogP contribution is 2.53. The lowest BCUT2D eigenvalue weighted by Crippen LogP contribution is -2.60. The summed E-state index contributed by atoms with van der Waals surface area (Å²) < 4.78 is 46.2. The van der Waals surface area contributed by atoms with Crippen LogP contribution in [-0.2, 0) is 21.6 Å². The topological polar surface area (TPSA) is 29.5 Å². The average molecular weight is 394 g/mol. The number of amides is 1. The van der Waals surface area contributed by atoms with Gasteiger partial charge < -0.3 is 9.64 Å². The van der Waals surface area contributed by atoms with Crippen molar-refractivity contribution < 1.29 is 22.7 Å². The molecule has 1 saturated carbocycles. The lowest BCUT2D eigenvalue weighted by atomic mass is 9.77. The van der Waals surface area contributed by atoms with Gasteiger partial charge in [-0.15, -0.1) is 11.3 Å². The lowest BCUT2D eigenvalue weighted by molar-refractivity contribution is -0.201. The molecule has 2 aliphatic heterocycles. The normalized spacial score (nSPS) is 32.8. The van der Waals surface area contributed by atoms with E-state index in [2.05, 4.69) is 0 Å². The van der Waals surface area contributed by atoms with Crippen LogP contribution in [0.2, 0.25) is 4.34 Å². The molecule has 2 fully saturated rings. The van der Waals surface area contributed by atoms with Crippen LogP contribution in [-0.4, -0.2) is 35.7 Å². The number of thiophene rings is 1. The van der Waals surface area contributed by atoms with Crippen LogP contribution in [0.15, 0.2) is 6.07 Å². The third-order valence-corrected chi connectivity index (χ3v) is 7.07. The molecule has 3 aliphatic rings. The number of ether oxygens (including phenoxy) is 1. The molecule has 0 aromatic carbocycles. The van der Waals surface area contributed by atoms with Crippen molar-refractivity contribution in [1.29, 1.82) is 0 Å². The number of halogens is 4. The van der Waals surface area contributed by atoms with Gasteiger partial charge in [-0.25, -0.2) is 0 Å². The zero-order valence-corrected chi connectivity index (χ0v) is 15.3. The number of alkyl halides is 3. The molecule has 1 aromatic rings. The lowest BCUT2D eigenvalue weighted by Gasteiger charge is -2.51. The zero-order valence-electron chi connectivity index (χ0n) is 13.7. The molecule has 0 radical (unpaired) electrons. The molecule has 4 rings (SSSR count). The van der Waals surface area contributed by atoms with Gasteiger partial charge in [0.05, 0.1) is 10.9 Å². The molecule has 1 aliphatic carbocycles. The van der Waals surface area contributed by atoms with Crippen LogP contribution >= 0.6 is 22.9 Å². The molecule has 8 heteroatoms. The van der Waals surface area contributed by atoms with Crippen LogP contribution in [0.4, 0.5) is 13.2 Å². The summed E-state index contributed by atoms with van der Waals surface area (Å²) in [5.74, 6) is -1.58. The van der Waals surface area contributed by atoms with E-state index in [1.807, 2.05) is 6.07 Å². The number of carbonyl (C=O) groups excluding carboxylic acids is 1. The zero-order chi connectivity index (χ0) is 18.0. The van der Waals surface area contributed by atoms with E-state index < -0.39 is 29.8 Å². The number of fused-ring (bicyclic) bond motifs is 2. The Bertz CT molecular complexity index is 703. The van der Waals surface area contributed by atoms with E-state index in [0.717, 1.165) is 34.6 Å². The Hall–Kier alpha value is -0.790. The van der Waals surface area contributed by atoms with E-state index in [0.29, 0.717) is 23.8 Å². The highest BCUT2D eigenvalue weighted by molar-refractivity contribution is 7.16. The second kappa shape index (κ2) is 5.86. The van der Waals surface area contributed by atoms with Crippen LogP contribution in [0, 0.1) is 5.92 Å². The van der Waals surface area contributed by atoms with E-state index in [1.54, 1.807) is 6.92 Å². The van der Waals surface area contributed by atoms with E-state index >= 15 is 0 Å². The third kappa shape index (κ3) is 2.98. The molecule has 1 spiro atoms. The van der Waals surface area contributed by atoms with Crippen molar-refractivity contribution in [3.05, 3.63) is 20.8 Å². The Morgan fingerprint density at radius 3 is 2.76 bits per heavy atom. The van der Waals surface area contributed by atoms with Gasteiger partial charge in [0, 0.05) is 29.8 Å². The maximum absolute atomic E-state index is 13.1. The number of piperidine rings is 1. The van der Waals surface area contributed by atoms with E-state index in [-0.39, 0.29) is 5.92 Å². The minimum Gasteiger partial charge on any atom is -0.369 e. The summed E-state index contributed by atoms with van der Waals surface area (Å²) >= 11 is 7.65. The molecular formula is C17H19ClF3NO2S. The third-order valence-electron chi connectivity index (χ3n) is 5.58. The number of carbonyl (C=O) groups is 1. The van der Waals surface area contributed by atoms with Crippen molar-refractivity contribution >= 4 is 28.8 Å². The van der Waals surface area contributed by atoms with E-state index in [1.165, 1.54) is 11.3 Å². The number of nitrogens with zero attached hydrogens (tertiary/aromatic N) is 1. The molecular weight excluding hydrogens is 375 g/mol. The number of hydrogen-bond acceptors (Lipinski definition) is 3. The second-order valence-electron chi connectivity index (χ2n) is 7.37.